The van der Waals surface area contributed by atoms with Crippen LogP contribution in [-0.2, 0) is 17.9 Å². The number of amides is 1. The van der Waals surface area contributed by atoms with Crippen LogP contribution < -0.4 is 24.8 Å². The summed E-state index contributed by atoms with van der Waals surface area (Å²) in [7, 11) is 3.23. The fourth-order valence-electron chi connectivity index (χ4n) is 4.68. The normalized spacial score (nSPS) is 13.9. The van der Waals surface area contributed by atoms with Crippen LogP contribution in [0.1, 0.15) is 24.0 Å². The first-order valence-corrected chi connectivity index (χ1v) is 12.5. The van der Waals surface area contributed by atoms with Gasteiger partial charge in [0.1, 0.15) is 12.7 Å². The number of nitrogens with zero attached hydrogens (tertiary/aromatic N) is 4. The number of carbonyl (C=O) groups excluding carboxylic acids is 1. The van der Waals surface area contributed by atoms with E-state index in [-0.39, 0.29) is 6.10 Å². The van der Waals surface area contributed by atoms with E-state index in [1.165, 1.54) is 0 Å². The van der Waals surface area contributed by atoms with Crippen LogP contribution in [0.4, 0.5) is 10.5 Å². The number of hydrogen-bond donors (Lipinski definition) is 1. The highest BCUT2D eigenvalue weighted by molar-refractivity contribution is 5.80. The number of imidazole rings is 1. The Morgan fingerprint density at radius 2 is 1.79 bits per heavy atom. The predicted octanol–water partition coefficient (Wildman–Crippen LogP) is 4.14. The first kappa shape index (κ1) is 25.2. The van der Waals surface area contributed by atoms with E-state index in [1.807, 2.05) is 30.6 Å². The minimum Gasteiger partial charge on any atom is -0.493 e. The number of aromatic nitrogens is 3. The molecule has 10 nitrogen and oxygen atoms in total. The first-order valence-electron chi connectivity index (χ1n) is 12.5. The van der Waals surface area contributed by atoms with E-state index in [1.54, 1.807) is 26.5 Å². The molecule has 1 fully saturated rings. The van der Waals surface area contributed by atoms with Crippen LogP contribution in [0.2, 0.25) is 0 Å². The number of primary amides is 1. The van der Waals surface area contributed by atoms with Crippen LogP contribution in [0, 0.1) is 0 Å². The molecule has 1 aliphatic rings. The van der Waals surface area contributed by atoms with Crippen LogP contribution in [0.3, 0.4) is 0 Å². The predicted molar refractivity (Wildman–Crippen MR) is 143 cm³/mol. The number of carbonyl (C=O) groups is 1. The molecule has 1 amide bonds. The lowest BCUT2D eigenvalue weighted by atomic mass is 10.1. The molecule has 0 aliphatic carbocycles. The molecule has 0 radical (unpaired) electrons. The lowest BCUT2D eigenvalue weighted by molar-refractivity contribution is 0.0912. The van der Waals surface area contributed by atoms with Crippen molar-refractivity contribution in [2.75, 3.05) is 32.2 Å². The van der Waals surface area contributed by atoms with Crippen molar-refractivity contribution in [2.45, 2.75) is 32.1 Å². The van der Waals surface area contributed by atoms with Crippen LogP contribution in [0.15, 0.2) is 61.1 Å². The number of ether oxygens (including phenoxy) is 4. The fraction of sp³-hybridized carbons (Fsp3) is 0.321. The van der Waals surface area contributed by atoms with Crippen LogP contribution in [0.5, 0.6) is 17.4 Å². The van der Waals surface area contributed by atoms with Crippen molar-refractivity contribution in [1.29, 1.82) is 0 Å². The molecule has 38 heavy (non-hydrogen) atoms. The molecule has 1 saturated heterocycles. The Labute approximate surface area is 220 Å². The largest absolute Gasteiger partial charge is 0.493 e. The summed E-state index contributed by atoms with van der Waals surface area (Å²) < 4.78 is 23.9. The molecule has 5 rings (SSSR count). The molecule has 2 aromatic heterocycles. The Hall–Kier alpha value is -4.47. The SMILES string of the molecule is COc1ccc(COc2ccc(Cn3cnc4cc(N5CCC(OC(N)=O)CC5)ccc43)cc2OC)cn1. The fourth-order valence-corrected chi connectivity index (χ4v) is 4.68. The molecular formula is C28H31N5O5. The van der Waals surface area contributed by atoms with Crippen molar-refractivity contribution >= 4 is 22.8 Å². The van der Waals surface area contributed by atoms with Gasteiger partial charge in [-0.1, -0.05) is 6.07 Å². The van der Waals surface area contributed by atoms with Crippen molar-refractivity contribution in [3.05, 3.63) is 72.2 Å². The van der Waals surface area contributed by atoms with Crippen molar-refractivity contribution in [3.63, 3.8) is 0 Å². The molecule has 2 aromatic carbocycles. The summed E-state index contributed by atoms with van der Waals surface area (Å²) in [5, 5.41) is 0. The summed E-state index contributed by atoms with van der Waals surface area (Å²) in [5.41, 5.74) is 10.2. The lowest BCUT2D eigenvalue weighted by Gasteiger charge is -2.33. The highest BCUT2D eigenvalue weighted by Gasteiger charge is 2.22. The summed E-state index contributed by atoms with van der Waals surface area (Å²) in [5.74, 6) is 1.90. The number of anilines is 1. The van der Waals surface area contributed by atoms with Gasteiger partial charge in [-0.3, -0.25) is 0 Å². The maximum absolute atomic E-state index is 11.0. The van der Waals surface area contributed by atoms with Gasteiger partial charge in [-0.15, -0.1) is 0 Å². The van der Waals surface area contributed by atoms with Gasteiger partial charge in [0.15, 0.2) is 11.5 Å². The maximum atomic E-state index is 11.0. The average Bonchev–Trinajstić information content (AvgIpc) is 3.34. The second-order valence-corrected chi connectivity index (χ2v) is 9.15. The second-order valence-electron chi connectivity index (χ2n) is 9.15. The Kier molecular flexibility index (Phi) is 7.48. The quantitative estimate of drug-likeness (QED) is 0.352. The molecule has 0 atom stereocenters. The zero-order chi connectivity index (χ0) is 26.5. The highest BCUT2D eigenvalue weighted by atomic mass is 16.6. The van der Waals surface area contributed by atoms with Crippen molar-refractivity contribution in [1.82, 2.24) is 14.5 Å². The van der Waals surface area contributed by atoms with Gasteiger partial charge in [0.2, 0.25) is 5.88 Å². The van der Waals surface area contributed by atoms with Gasteiger partial charge in [-0.2, -0.15) is 0 Å². The van der Waals surface area contributed by atoms with E-state index < -0.39 is 6.09 Å². The molecule has 198 valence electrons. The van der Waals surface area contributed by atoms with E-state index in [0.29, 0.717) is 30.5 Å². The minimum atomic E-state index is -0.707. The van der Waals surface area contributed by atoms with Gasteiger partial charge >= 0.3 is 6.09 Å². The van der Waals surface area contributed by atoms with E-state index >= 15 is 0 Å². The summed E-state index contributed by atoms with van der Waals surface area (Å²) in [4.78, 5) is 22.1. The van der Waals surface area contributed by atoms with Gasteiger partial charge in [-0.25, -0.2) is 14.8 Å². The van der Waals surface area contributed by atoms with Crippen LogP contribution >= 0.6 is 0 Å². The number of rotatable bonds is 9. The summed E-state index contributed by atoms with van der Waals surface area (Å²) in [6, 6.07) is 16.0. The summed E-state index contributed by atoms with van der Waals surface area (Å²) in [6.45, 7) is 2.61. The highest BCUT2D eigenvalue weighted by Crippen LogP contribution is 2.30. The van der Waals surface area contributed by atoms with Gasteiger partial charge < -0.3 is 34.1 Å². The molecule has 0 unspecified atom stereocenters. The van der Waals surface area contributed by atoms with Crippen molar-refractivity contribution in [3.8, 4) is 17.4 Å². The van der Waals surface area contributed by atoms with Crippen LogP contribution in [0.25, 0.3) is 11.0 Å². The molecule has 4 aromatic rings. The maximum Gasteiger partial charge on any atom is 0.404 e. The summed E-state index contributed by atoms with van der Waals surface area (Å²) in [6.07, 6.45) is 4.29. The lowest BCUT2D eigenvalue weighted by Crippen LogP contribution is -2.38. The van der Waals surface area contributed by atoms with E-state index in [4.69, 9.17) is 24.7 Å². The number of benzene rings is 2. The standard InChI is InChI=1S/C28H31N5O5/c1-35-26-13-19(3-7-25(26)37-17-20-4-8-27(36-2)30-15-20)16-33-18-31-23-14-21(5-6-24(23)33)32-11-9-22(10-12-32)38-28(29)34/h3-8,13-15,18,22H,9-12,16-17H2,1-2H3,(H2,29,34). The minimum absolute atomic E-state index is 0.111. The van der Waals surface area contributed by atoms with Gasteiger partial charge in [0.05, 0.1) is 31.6 Å². The third kappa shape index (κ3) is 5.74. The molecule has 10 heteroatoms. The zero-order valence-corrected chi connectivity index (χ0v) is 21.5. The monoisotopic (exact) mass is 517 g/mol. The van der Waals surface area contributed by atoms with E-state index in [0.717, 1.165) is 53.8 Å². The topological polar surface area (TPSA) is 114 Å². The molecule has 0 bridgehead atoms. The second kappa shape index (κ2) is 11.3. The van der Waals surface area contributed by atoms with Crippen molar-refractivity contribution in [2.24, 2.45) is 5.73 Å². The Balaban J connectivity index is 1.24. The molecule has 3 heterocycles. The van der Waals surface area contributed by atoms with E-state index in [2.05, 4.69) is 37.6 Å². The molecule has 1 aliphatic heterocycles. The number of pyridine rings is 1. The van der Waals surface area contributed by atoms with E-state index in [9.17, 15) is 4.79 Å². The van der Waals surface area contributed by atoms with Gasteiger partial charge in [-0.05, 0) is 42.0 Å². The Morgan fingerprint density at radius 1 is 0.974 bits per heavy atom. The Bertz CT molecular complexity index is 1400. The van der Waals surface area contributed by atoms with Gasteiger partial charge in [0, 0.05) is 56.0 Å². The number of nitrogens with two attached hydrogens (primary N) is 1. The smallest absolute Gasteiger partial charge is 0.404 e. The third-order valence-electron chi connectivity index (χ3n) is 6.68. The third-order valence-corrected chi connectivity index (χ3v) is 6.68. The van der Waals surface area contributed by atoms with Crippen LogP contribution in [-0.4, -0.2) is 54.0 Å². The summed E-state index contributed by atoms with van der Waals surface area (Å²) >= 11 is 0. The number of fused-ring (bicyclic) bond motifs is 1. The number of hydrogen-bond acceptors (Lipinski definition) is 8. The first-order chi connectivity index (χ1) is 18.5. The average molecular weight is 518 g/mol. The van der Waals surface area contributed by atoms with Gasteiger partial charge in [0.25, 0.3) is 0 Å². The molecule has 0 spiro atoms. The number of piperidine rings is 1. The molecule has 0 saturated carbocycles. The zero-order valence-electron chi connectivity index (χ0n) is 21.5. The Morgan fingerprint density at radius 3 is 2.50 bits per heavy atom. The molecule has 2 N–H and O–H groups in total. The molecular weight excluding hydrogens is 486 g/mol. The number of methoxy groups -OCH3 is 2. The van der Waals surface area contributed by atoms with Crippen molar-refractivity contribution < 1.29 is 23.7 Å².